The molecule has 1 fully saturated rings. The molecule has 1 N–H and O–H groups in total. The van der Waals surface area contributed by atoms with Crippen LogP contribution in [0.1, 0.15) is 19.8 Å². The van der Waals surface area contributed by atoms with Crippen LogP contribution in [0.3, 0.4) is 0 Å². The maximum atomic E-state index is 12.5. The highest BCUT2D eigenvalue weighted by Crippen LogP contribution is 2.27. The van der Waals surface area contributed by atoms with Crippen molar-refractivity contribution < 1.29 is 13.2 Å². The monoisotopic (exact) mass is 374 g/mol. The van der Waals surface area contributed by atoms with Gasteiger partial charge in [-0.1, -0.05) is 15.9 Å². The smallest absolute Gasteiger partial charge is 0.243 e. The SMILES string of the molecule is CC(=O)Nc1ccc(S(=O)(=O)N2CCC(CCBr)C2)cc1. The second kappa shape index (κ2) is 6.89. The highest BCUT2D eigenvalue weighted by atomic mass is 79.9. The summed E-state index contributed by atoms with van der Waals surface area (Å²) in [7, 11) is -3.43. The number of carbonyl (C=O) groups is 1. The van der Waals surface area contributed by atoms with E-state index >= 15 is 0 Å². The van der Waals surface area contributed by atoms with E-state index in [-0.39, 0.29) is 10.8 Å². The topological polar surface area (TPSA) is 66.5 Å². The highest BCUT2D eigenvalue weighted by molar-refractivity contribution is 9.09. The van der Waals surface area contributed by atoms with Crippen molar-refractivity contribution in [3.8, 4) is 0 Å². The molecule has 1 atom stereocenters. The third kappa shape index (κ3) is 4.05. The minimum absolute atomic E-state index is 0.178. The summed E-state index contributed by atoms with van der Waals surface area (Å²) in [6.07, 6.45) is 1.91. The van der Waals surface area contributed by atoms with Crippen LogP contribution in [0, 0.1) is 5.92 Å². The first-order valence-corrected chi connectivity index (χ1v) is 9.43. The summed E-state index contributed by atoms with van der Waals surface area (Å²) in [5.41, 5.74) is 0.597. The molecule has 7 heteroatoms. The normalized spacial score (nSPS) is 19.6. The van der Waals surface area contributed by atoms with Gasteiger partial charge in [-0.05, 0) is 43.0 Å². The molecule has 0 aromatic heterocycles. The molecule has 1 amide bonds. The molecule has 1 heterocycles. The Hall–Kier alpha value is -0.920. The van der Waals surface area contributed by atoms with Gasteiger partial charge in [-0.3, -0.25) is 4.79 Å². The Morgan fingerprint density at radius 1 is 1.38 bits per heavy atom. The fourth-order valence-corrected chi connectivity index (χ4v) is 4.65. The Labute approximate surface area is 133 Å². The number of sulfonamides is 1. The van der Waals surface area contributed by atoms with Crippen LogP contribution >= 0.6 is 15.9 Å². The quantitative estimate of drug-likeness (QED) is 0.804. The summed E-state index contributed by atoms with van der Waals surface area (Å²) < 4.78 is 26.6. The van der Waals surface area contributed by atoms with Crippen LogP contribution in [0.5, 0.6) is 0 Å². The van der Waals surface area contributed by atoms with Crippen LogP contribution in [0.25, 0.3) is 0 Å². The predicted molar refractivity (Wildman–Crippen MR) is 86.0 cm³/mol. The Bertz CT molecular complexity index is 601. The average molecular weight is 375 g/mol. The zero-order valence-corrected chi connectivity index (χ0v) is 14.3. The number of hydrogen-bond donors (Lipinski definition) is 1. The molecule has 0 aliphatic carbocycles. The molecule has 2 rings (SSSR count). The molecule has 1 unspecified atom stereocenters. The third-order valence-electron chi connectivity index (χ3n) is 3.58. The number of alkyl halides is 1. The van der Waals surface area contributed by atoms with Crippen LogP contribution in [0.2, 0.25) is 0 Å². The molecule has 0 spiro atoms. The van der Waals surface area contributed by atoms with Gasteiger partial charge in [-0.15, -0.1) is 0 Å². The van der Waals surface area contributed by atoms with Crippen molar-refractivity contribution in [3.05, 3.63) is 24.3 Å². The lowest BCUT2D eigenvalue weighted by Gasteiger charge is -2.16. The van der Waals surface area contributed by atoms with Gasteiger partial charge in [0.05, 0.1) is 4.90 Å². The molecule has 0 radical (unpaired) electrons. The summed E-state index contributed by atoms with van der Waals surface area (Å²) in [5.74, 6) is 0.251. The summed E-state index contributed by atoms with van der Waals surface area (Å²) in [6, 6.07) is 6.30. The summed E-state index contributed by atoms with van der Waals surface area (Å²) in [6.45, 7) is 2.58. The van der Waals surface area contributed by atoms with Crippen LogP contribution in [-0.4, -0.2) is 37.0 Å². The average Bonchev–Trinajstić information content (AvgIpc) is 2.88. The molecule has 1 saturated heterocycles. The van der Waals surface area contributed by atoms with Crippen molar-refractivity contribution in [2.45, 2.75) is 24.7 Å². The van der Waals surface area contributed by atoms with E-state index in [0.717, 1.165) is 18.2 Å². The molecule has 0 bridgehead atoms. The number of benzene rings is 1. The summed E-state index contributed by atoms with van der Waals surface area (Å²) in [5, 5.41) is 3.52. The summed E-state index contributed by atoms with van der Waals surface area (Å²) >= 11 is 3.40. The fraction of sp³-hybridized carbons (Fsp3) is 0.500. The van der Waals surface area contributed by atoms with Crippen molar-refractivity contribution in [1.29, 1.82) is 0 Å². The molecule has 0 saturated carbocycles. The maximum absolute atomic E-state index is 12.5. The molecule has 1 aliphatic rings. The van der Waals surface area contributed by atoms with E-state index in [2.05, 4.69) is 21.2 Å². The van der Waals surface area contributed by atoms with Gasteiger partial charge >= 0.3 is 0 Å². The van der Waals surface area contributed by atoms with Gasteiger partial charge in [0.1, 0.15) is 0 Å². The number of anilines is 1. The van der Waals surface area contributed by atoms with Crippen LogP contribution < -0.4 is 5.32 Å². The van der Waals surface area contributed by atoms with Crippen molar-refractivity contribution in [1.82, 2.24) is 4.31 Å². The van der Waals surface area contributed by atoms with Gasteiger partial charge in [-0.2, -0.15) is 4.31 Å². The first kappa shape index (κ1) is 16.5. The lowest BCUT2D eigenvalue weighted by Crippen LogP contribution is -2.29. The van der Waals surface area contributed by atoms with E-state index in [4.69, 9.17) is 0 Å². The van der Waals surface area contributed by atoms with Crippen molar-refractivity contribution >= 4 is 37.5 Å². The molecule has 5 nitrogen and oxygen atoms in total. The molecule has 1 aromatic rings. The van der Waals surface area contributed by atoms with E-state index in [0.29, 0.717) is 24.7 Å². The van der Waals surface area contributed by atoms with Crippen LogP contribution in [-0.2, 0) is 14.8 Å². The Morgan fingerprint density at radius 3 is 2.62 bits per heavy atom. The molecule has 21 heavy (non-hydrogen) atoms. The van der Waals surface area contributed by atoms with E-state index < -0.39 is 10.0 Å². The Balaban J connectivity index is 2.11. The van der Waals surface area contributed by atoms with Crippen molar-refractivity contribution in [2.75, 3.05) is 23.7 Å². The fourth-order valence-electron chi connectivity index (χ4n) is 2.47. The van der Waals surface area contributed by atoms with Crippen LogP contribution in [0.15, 0.2) is 29.2 Å². The van der Waals surface area contributed by atoms with Gasteiger partial charge in [0.25, 0.3) is 0 Å². The molecule has 116 valence electrons. The first-order chi connectivity index (χ1) is 9.93. The first-order valence-electron chi connectivity index (χ1n) is 6.87. The second-order valence-corrected chi connectivity index (χ2v) is 7.93. The molecule has 1 aromatic carbocycles. The lowest BCUT2D eigenvalue weighted by atomic mass is 10.1. The molecular formula is C14H19BrN2O3S. The van der Waals surface area contributed by atoms with Gasteiger partial charge in [0.2, 0.25) is 15.9 Å². The number of amides is 1. The van der Waals surface area contributed by atoms with E-state index in [9.17, 15) is 13.2 Å². The predicted octanol–water partition coefficient (Wildman–Crippen LogP) is 2.44. The number of nitrogens with one attached hydrogen (secondary N) is 1. The number of hydrogen-bond acceptors (Lipinski definition) is 3. The van der Waals surface area contributed by atoms with E-state index in [1.165, 1.54) is 6.92 Å². The third-order valence-corrected chi connectivity index (χ3v) is 5.92. The minimum atomic E-state index is -3.43. The second-order valence-electron chi connectivity index (χ2n) is 5.20. The highest BCUT2D eigenvalue weighted by Gasteiger charge is 2.31. The standard InChI is InChI=1S/C14H19BrN2O3S/c1-11(18)16-13-2-4-14(5-3-13)21(19,20)17-9-7-12(10-17)6-8-15/h2-5,12H,6-10H2,1H3,(H,16,18). The van der Waals surface area contributed by atoms with Gasteiger partial charge in [0, 0.05) is 31.0 Å². The van der Waals surface area contributed by atoms with Gasteiger partial charge in [-0.25, -0.2) is 8.42 Å². The van der Waals surface area contributed by atoms with E-state index in [1.54, 1.807) is 28.6 Å². The Morgan fingerprint density at radius 2 is 2.05 bits per heavy atom. The zero-order valence-electron chi connectivity index (χ0n) is 11.9. The maximum Gasteiger partial charge on any atom is 0.243 e. The van der Waals surface area contributed by atoms with Gasteiger partial charge in [0.15, 0.2) is 0 Å². The lowest BCUT2D eigenvalue weighted by molar-refractivity contribution is -0.114. The number of nitrogens with zero attached hydrogens (tertiary/aromatic N) is 1. The molecular weight excluding hydrogens is 356 g/mol. The molecule has 1 aliphatic heterocycles. The van der Waals surface area contributed by atoms with Crippen molar-refractivity contribution in [3.63, 3.8) is 0 Å². The van der Waals surface area contributed by atoms with Crippen molar-refractivity contribution in [2.24, 2.45) is 5.92 Å². The Kier molecular flexibility index (Phi) is 5.40. The van der Waals surface area contributed by atoms with E-state index in [1.807, 2.05) is 0 Å². The number of halogens is 1. The van der Waals surface area contributed by atoms with Gasteiger partial charge < -0.3 is 5.32 Å². The number of rotatable bonds is 5. The summed E-state index contributed by atoms with van der Waals surface area (Å²) in [4.78, 5) is 11.2. The largest absolute Gasteiger partial charge is 0.326 e. The zero-order chi connectivity index (χ0) is 15.5. The minimum Gasteiger partial charge on any atom is -0.326 e. The number of carbonyl (C=O) groups excluding carboxylic acids is 1. The van der Waals surface area contributed by atoms with Crippen LogP contribution in [0.4, 0.5) is 5.69 Å².